The summed E-state index contributed by atoms with van der Waals surface area (Å²) in [5, 5.41) is 2.85. The fourth-order valence-electron chi connectivity index (χ4n) is 3.90. The van der Waals surface area contributed by atoms with Crippen LogP contribution in [0.5, 0.6) is 0 Å². The van der Waals surface area contributed by atoms with Crippen LogP contribution in [0, 0.1) is 11.8 Å². The van der Waals surface area contributed by atoms with E-state index in [2.05, 4.69) is 5.32 Å². The highest BCUT2D eigenvalue weighted by molar-refractivity contribution is 7.91. The SMILES string of the molecule is O=C(NCC1CCS(=O)(=O)C1)C1CC(=O)N(C2CCCC2)C1. The molecule has 2 aliphatic heterocycles. The largest absolute Gasteiger partial charge is 0.355 e. The third kappa shape index (κ3) is 3.45. The van der Waals surface area contributed by atoms with Gasteiger partial charge < -0.3 is 10.2 Å². The van der Waals surface area contributed by atoms with Gasteiger partial charge in [-0.15, -0.1) is 0 Å². The first-order chi connectivity index (χ1) is 10.4. The molecule has 3 rings (SSSR count). The molecule has 2 saturated heterocycles. The van der Waals surface area contributed by atoms with Crippen molar-refractivity contribution in [2.75, 3.05) is 24.6 Å². The highest BCUT2D eigenvalue weighted by Crippen LogP contribution is 2.29. The average Bonchev–Trinajstić information content (AvgIpc) is 3.16. The maximum atomic E-state index is 12.2. The van der Waals surface area contributed by atoms with Gasteiger partial charge in [-0.25, -0.2) is 8.42 Å². The molecule has 2 unspecified atom stereocenters. The van der Waals surface area contributed by atoms with Crippen molar-refractivity contribution in [3.05, 3.63) is 0 Å². The molecule has 124 valence electrons. The van der Waals surface area contributed by atoms with Gasteiger partial charge in [0.15, 0.2) is 9.84 Å². The van der Waals surface area contributed by atoms with E-state index >= 15 is 0 Å². The van der Waals surface area contributed by atoms with Gasteiger partial charge in [0.1, 0.15) is 0 Å². The summed E-state index contributed by atoms with van der Waals surface area (Å²) in [6, 6.07) is 0.324. The van der Waals surface area contributed by atoms with Gasteiger partial charge in [0.2, 0.25) is 11.8 Å². The number of amides is 2. The lowest BCUT2D eigenvalue weighted by Crippen LogP contribution is -2.38. The summed E-state index contributed by atoms with van der Waals surface area (Å²) in [6.45, 7) is 0.935. The molecule has 2 atom stereocenters. The normalized spacial score (nSPS) is 31.8. The molecule has 1 N–H and O–H groups in total. The van der Waals surface area contributed by atoms with Crippen molar-refractivity contribution in [3.8, 4) is 0 Å². The molecule has 22 heavy (non-hydrogen) atoms. The number of hydrogen-bond donors (Lipinski definition) is 1. The molecule has 2 amide bonds. The van der Waals surface area contributed by atoms with Gasteiger partial charge in [-0.2, -0.15) is 0 Å². The zero-order chi connectivity index (χ0) is 15.7. The Kier molecular flexibility index (Phi) is 4.43. The Hall–Kier alpha value is -1.11. The van der Waals surface area contributed by atoms with Gasteiger partial charge in [-0.3, -0.25) is 9.59 Å². The Morgan fingerprint density at radius 1 is 1.23 bits per heavy atom. The summed E-state index contributed by atoms with van der Waals surface area (Å²) < 4.78 is 22.8. The molecule has 0 aromatic heterocycles. The van der Waals surface area contributed by atoms with Crippen LogP contribution in [0.1, 0.15) is 38.5 Å². The molecule has 0 radical (unpaired) electrons. The van der Waals surface area contributed by atoms with Crippen LogP contribution in [0.2, 0.25) is 0 Å². The molecule has 2 heterocycles. The molecular formula is C15H24N2O4S. The van der Waals surface area contributed by atoms with Crippen LogP contribution in [0.25, 0.3) is 0 Å². The van der Waals surface area contributed by atoms with Crippen LogP contribution >= 0.6 is 0 Å². The Morgan fingerprint density at radius 3 is 2.59 bits per heavy atom. The molecule has 1 saturated carbocycles. The van der Waals surface area contributed by atoms with Gasteiger partial charge in [0, 0.05) is 25.6 Å². The predicted octanol–water partition coefficient (Wildman–Crippen LogP) is 0.328. The van der Waals surface area contributed by atoms with Gasteiger partial charge in [0.25, 0.3) is 0 Å². The van der Waals surface area contributed by atoms with E-state index in [0.717, 1.165) is 12.8 Å². The minimum Gasteiger partial charge on any atom is -0.355 e. The average molecular weight is 328 g/mol. The molecule has 0 bridgehead atoms. The summed E-state index contributed by atoms with van der Waals surface area (Å²) in [5.41, 5.74) is 0. The summed E-state index contributed by atoms with van der Waals surface area (Å²) in [4.78, 5) is 26.2. The number of nitrogens with zero attached hydrogens (tertiary/aromatic N) is 1. The molecule has 7 heteroatoms. The molecule has 0 aromatic carbocycles. The Balaban J connectivity index is 1.48. The van der Waals surface area contributed by atoms with E-state index < -0.39 is 9.84 Å². The molecule has 3 fully saturated rings. The van der Waals surface area contributed by atoms with Gasteiger partial charge in [-0.1, -0.05) is 12.8 Å². The number of carbonyl (C=O) groups excluding carboxylic acids is 2. The molecule has 1 aliphatic carbocycles. The molecule has 0 aromatic rings. The predicted molar refractivity (Wildman–Crippen MR) is 81.8 cm³/mol. The van der Waals surface area contributed by atoms with Crippen LogP contribution in [-0.2, 0) is 19.4 Å². The van der Waals surface area contributed by atoms with Crippen molar-refractivity contribution >= 4 is 21.7 Å². The fourth-order valence-corrected chi connectivity index (χ4v) is 5.76. The summed E-state index contributed by atoms with van der Waals surface area (Å²) in [6.07, 6.45) is 5.37. The highest BCUT2D eigenvalue weighted by atomic mass is 32.2. The second-order valence-corrected chi connectivity index (χ2v) is 9.13. The molecule has 0 spiro atoms. The lowest BCUT2D eigenvalue weighted by atomic mass is 10.1. The van der Waals surface area contributed by atoms with Crippen molar-refractivity contribution in [2.24, 2.45) is 11.8 Å². The maximum absolute atomic E-state index is 12.2. The van der Waals surface area contributed by atoms with Crippen molar-refractivity contribution in [2.45, 2.75) is 44.6 Å². The minimum absolute atomic E-state index is 0.0250. The summed E-state index contributed by atoms with van der Waals surface area (Å²) in [7, 11) is -2.90. The van der Waals surface area contributed by atoms with E-state index in [-0.39, 0.29) is 35.2 Å². The molecular weight excluding hydrogens is 304 g/mol. The zero-order valence-electron chi connectivity index (χ0n) is 12.8. The van der Waals surface area contributed by atoms with Crippen LogP contribution in [0.4, 0.5) is 0 Å². The third-order valence-electron chi connectivity index (χ3n) is 5.19. The quantitative estimate of drug-likeness (QED) is 0.806. The second kappa shape index (κ2) is 6.18. The van der Waals surface area contributed by atoms with Crippen molar-refractivity contribution < 1.29 is 18.0 Å². The van der Waals surface area contributed by atoms with Crippen LogP contribution in [0.3, 0.4) is 0 Å². The Morgan fingerprint density at radius 2 is 1.95 bits per heavy atom. The molecule has 3 aliphatic rings. The molecule has 6 nitrogen and oxygen atoms in total. The first-order valence-corrected chi connectivity index (χ1v) is 10.0. The smallest absolute Gasteiger partial charge is 0.225 e. The van der Waals surface area contributed by atoms with Crippen LogP contribution < -0.4 is 5.32 Å². The van der Waals surface area contributed by atoms with E-state index in [0.29, 0.717) is 32.0 Å². The van der Waals surface area contributed by atoms with E-state index in [1.165, 1.54) is 12.8 Å². The van der Waals surface area contributed by atoms with Crippen molar-refractivity contribution in [1.82, 2.24) is 10.2 Å². The Bertz CT molecular complexity index is 554. The van der Waals surface area contributed by atoms with Crippen molar-refractivity contribution in [1.29, 1.82) is 0 Å². The van der Waals surface area contributed by atoms with Gasteiger partial charge >= 0.3 is 0 Å². The fraction of sp³-hybridized carbons (Fsp3) is 0.867. The van der Waals surface area contributed by atoms with Gasteiger partial charge in [-0.05, 0) is 25.2 Å². The lowest BCUT2D eigenvalue weighted by molar-refractivity contribution is -0.130. The highest BCUT2D eigenvalue weighted by Gasteiger charge is 2.39. The zero-order valence-corrected chi connectivity index (χ0v) is 13.6. The number of carbonyl (C=O) groups is 2. The van der Waals surface area contributed by atoms with E-state index in [1.807, 2.05) is 4.90 Å². The maximum Gasteiger partial charge on any atom is 0.225 e. The van der Waals surface area contributed by atoms with Crippen LogP contribution in [-0.4, -0.2) is 55.8 Å². The first kappa shape index (κ1) is 15.8. The minimum atomic E-state index is -2.90. The monoisotopic (exact) mass is 328 g/mol. The lowest BCUT2D eigenvalue weighted by Gasteiger charge is -2.24. The second-order valence-electron chi connectivity index (χ2n) is 6.90. The third-order valence-corrected chi connectivity index (χ3v) is 7.02. The van der Waals surface area contributed by atoms with E-state index in [9.17, 15) is 18.0 Å². The van der Waals surface area contributed by atoms with Gasteiger partial charge in [0.05, 0.1) is 17.4 Å². The number of nitrogens with one attached hydrogen (secondary N) is 1. The number of rotatable bonds is 4. The Labute approximate surface area is 131 Å². The topological polar surface area (TPSA) is 83.5 Å². The summed E-state index contributed by atoms with van der Waals surface area (Å²) in [5.74, 6) is 0.146. The van der Waals surface area contributed by atoms with E-state index in [4.69, 9.17) is 0 Å². The van der Waals surface area contributed by atoms with Crippen molar-refractivity contribution in [3.63, 3.8) is 0 Å². The van der Waals surface area contributed by atoms with E-state index in [1.54, 1.807) is 0 Å². The van der Waals surface area contributed by atoms with Crippen LogP contribution in [0.15, 0.2) is 0 Å². The number of hydrogen-bond acceptors (Lipinski definition) is 4. The number of likely N-dealkylation sites (tertiary alicyclic amines) is 1. The summed E-state index contributed by atoms with van der Waals surface area (Å²) >= 11 is 0. The first-order valence-electron chi connectivity index (χ1n) is 8.22. The number of sulfone groups is 1. The standard InChI is InChI=1S/C15H24N2O4S/c18-14-7-12(9-17(14)13-3-1-2-4-13)15(19)16-8-11-5-6-22(20,21)10-11/h11-13H,1-10H2,(H,16,19).